The van der Waals surface area contributed by atoms with Gasteiger partial charge in [0, 0.05) is 35.7 Å². The van der Waals surface area contributed by atoms with Crippen molar-refractivity contribution < 1.29 is 14.7 Å². The third kappa shape index (κ3) is 4.13. The molecule has 0 bridgehead atoms. The predicted octanol–water partition coefficient (Wildman–Crippen LogP) is 5.09. The number of carbonyl (C=O) groups is 2. The van der Waals surface area contributed by atoms with Gasteiger partial charge in [-0.25, -0.2) is 4.79 Å². The van der Waals surface area contributed by atoms with E-state index in [1.807, 2.05) is 31.1 Å². The molecule has 7 heteroatoms. The Bertz CT molecular complexity index is 979. The van der Waals surface area contributed by atoms with Gasteiger partial charge in [-0.05, 0) is 42.0 Å². The van der Waals surface area contributed by atoms with Crippen molar-refractivity contribution in [1.29, 1.82) is 0 Å². The van der Waals surface area contributed by atoms with Crippen molar-refractivity contribution in [3.05, 3.63) is 70.1 Å². The van der Waals surface area contributed by atoms with E-state index in [1.54, 1.807) is 41.8 Å². The summed E-state index contributed by atoms with van der Waals surface area (Å²) in [5.74, 6) is -1.46. The molecule has 2 N–H and O–H groups in total. The monoisotopic (exact) mass is 400 g/mol. The first-order chi connectivity index (χ1) is 12.9. The average Bonchev–Trinajstić information content (AvgIpc) is 3.06. The van der Waals surface area contributed by atoms with Gasteiger partial charge in [-0.1, -0.05) is 23.7 Å². The van der Waals surface area contributed by atoms with E-state index in [-0.39, 0.29) is 17.2 Å². The molecule has 0 radical (unpaired) electrons. The molecule has 0 aliphatic heterocycles. The smallest absolute Gasteiger partial charge is 0.339 e. The Labute approximate surface area is 165 Å². The lowest BCUT2D eigenvalue weighted by atomic mass is 10.1. The lowest BCUT2D eigenvalue weighted by molar-refractivity contribution is 0.0699. The number of anilines is 2. The van der Waals surface area contributed by atoms with Crippen molar-refractivity contribution in [3.8, 4) is 10.4 Å². The highest BCUT2D eigenvalue weighted by atomic mass is 35.5. The zero-order chi connectivity index (χ0) is 19.6. The Balaban J connectivity index is 1.89. The number of hydrogen-bond acceptors (Lipinski definition) is 4. The first kappa shape index (κ1) is 18.9. The lowest BCUT2D eigenvalue weighted by Gasteiger charge is -2.12. The minimum Gasteiger partial charge on any atom is -0.478 e. The molecule has 0 aliphatic rings. The Hall–Kier alpha value is -2.83. The number of benzene rings is 2. The molecule has 0 aliphatic carbocycles. The van der Waals surface area contributed by atoms with Crippen molar-refractivity contribution in [2.75, 3.05) is 24.3 Å². The van der Waals surface area contributed by atoms with Crippen molar-refractivity contribution in [2.24, 2.45) is 0 Å². The van der Waals surface area contributed by atoms with Crippen LogP contribution in [0.25, 0.3) is 10.4 Å². The van der Waals surface area contributed by atoms with Crippen molar-refractivity contribution in [3.63, 3.8) is 0 Å². The van der Waals surface area contributed by atoms with E-state index in [1.165, 1.54) is 11.3 Å². The van der Waals surface area contributed by atoms with Crippen LogP contribution in [0.3, 0.4) is 0 Å². The summed E-state index contributed by atoms with van der Waals surface area (Å²) in [6, 6.07) is 14.0. The summed E-state index contributed by atoms with van der Waals surface area (Å²) >= 11 is 7.16. The summed E-state index contributed by atoms with van der Waals surface area (Å²) in [5.41, 5.74) is 2.51. The largest absolute Gasteiger partial charge is 0.478 e. The highest BCUT2D eigenvalue weighted by Gasteiger charge is 2.21. The highest BCUT2D eigenvalue weighted by molar-refractivity contribution is 7.14. The zero-order valence-corrected chi connectivity index (χ0v) is 16.3. The van der Waals surface area contributed by atoms with Gasteiger partial charge in [-0.2, -0.15) is 0 Å². The lowest BCUT2D eigenvalue weighted by Crippen LogP contribution is -2.14. The number of rotatable bonds is 5. The van der Waals surface area contributed by atoms with Gasteiger partial charge in [-0.3, -0.25) is 4.79 Å². The number of thiophene rings is 1. The molecule has 3 rings (SSSR count). The van der Waals surface area contributed by atoms with Gasteiger partial charge >= 0.3 is 5.97 Å². The summed E-state index contributed by atoms with van der Waals surface area (Å²) in [7, 11) is 3.83. The minimum atomic E-state index is -1.10. The molecule has 0 unspecified atom stereocenters. The number of aromatic carboxylic acids is 1. The molecule has 1 aromatic heterocycles. The number of carboxylic acids is 1. The molecule has 1 amide bonds. The highest BCUT2D eigenvalue weighted by Crippen LogP contribution is 2.36. The second-order valence-corrected chi connectivity index (χ2v) is 7.38. The molecular weight excluding hydrogens is 384 g/mol. The molecule has 0 saturated heterocycles. The molecule has 0 atom stereocenters. The maximum Gasteiger partial charge on any atom is 0.339 e. The van der Waals surface area contributed by atoms with Crippen molar-refractivity contribution >= 4 is 46.2 Å². The Morgan fingerprint density at radius 2 is 1.67 bits per heavy atom. The summed E-state index contributed by atoms with van der Waals surface area (Å²) in [5, 5.41) is 14.6. The number of nitrogens with zero attached hydrogens (tertiary/aromatic N) is 1. The van der Waals surface area contributed by atoms with E-state index in [0.717, 1.165) is 11.3 Å². The van der Waals surface area contributed by atoms with Crippen molar-refractivity contribution in [1.82, 2.24) is 0 Å². The third-order valence-electron chi connectivity index (χ3n) is 4.01. The summed E-state index contributed by atoms with van der Waals surface area (Å²) < 4.78 is 0. The average molecular weight is 401 g/mol. The van der Waals surface area contributed by atoms with Gasteiger partial charge in [-0.15, -0.1) is 11.3 Å². The number of carboxylic acid groups (broad SMARTS) is 1. The number of nitrogens with one attached hydrogen (secondary N) is 1. The quantitative estimate of drug-likeness (QED) is 0.626. The molecule has 138 valence electrons. The van der Waals surface area contributed by atoms with E-state index in [9.17, 15) is 14.7 Å². The molecule has 0 fully saturated rings. The summed E-state index contributed by atoms with van der Waals surface area (Å²) in [6.45, 7) is 0. The van der Waals surface area contributed by atoms with Crippen LogP contribution in [-0.2, 0) is 0 Å². The number of amides is 1. The van der Waals surface area contributed by atoms with Gasteiger partial charge in [0.25, 0.3) is 5.91 Å². The van der Waals surface area contributed by atoms with Crippen LogP contribution < -0.4 is 10.2 Å². The predicted molar refractivity (Wildman–Crippen MR) is 110 cm³/mol. The first-order valence-electron chi connectivity index (χ1n) is 8.06. The molecule has 5 nitrogen and oxygen atoms in total. The number of halogens is 1. The van der Waals surface area contributed by atoms with Crippen LogP contribution in [0.4, 0.5) is 11.4 Å². The molecular formula is C20H17ClN2O3S. The molecule has 27 heavy (non-hydrogen) atoms. The van der Waals surface area contributed by atoms with E-state index in [0.29, 0.717) is 15.5 Å². The third-order valence-corrected chi connectivity index (χ3v) is 5.29. The standard InChI is InChI=1S/C20H17ClN2O3S/c1-23(2)15-9-5-13(6-10-15)19(24)22-16-11-27-18(17(16)20(25)26)12-3-7-14(21)8-4-12/h3-11H,1-2H3,(H,22,24)(H,25,26). The summed E-state index contributed by atoms with van der Waals surface area (Å²) in [4.78, 5) is 26.8. The van der Waals surface area contributed by atoms with E-state index in [4.69, 9.17) is 11.6 Å². The Morgan fingerprint density at radius 3 is 2.22 bits per heavy atom. The van der Waals surface area contributed by atoms with Gasteiger partial charge in [0.2, 0.25) is 0 Å². The fraction of sp³-hybridized carbons (Fsp3) is 0.100. The zero-order valence-electron chi connectivity index (χ0n) is 14.7. The Morgan fingerprint density at radius 1 is 1.04 bits per heavy atom. The van der Waals surface area contributed by atoms with Crippen LogP contribution in [0.15, 0.2) is 53.9 Å². The van der Waals surface area contributed by atoms with Crippen LogP contribution in [-0.4, -0.2) is 31.1 Å². The van der Waals surface area contributed by atoms with Crippen LogP contribution >= 0.6 is 22.9 Å². The maximum absolute atomic E-state index is 12.5. The van der Waals surface area contributed by atoms with Crippen LogP contribution in [0.2, 0.25) is 5.02 Å². The SMILES string of the molecule is CN(C)c1ccc(C(=O)Nc2csc(-c3ccc(Cl)cc3)c2C(=O)O)cc1. The Kier molecular flexibility index (Phi) is 5.48. The normalized spacial score (nSPS) is 10.5. The second-order valence-electron chi connectivity index (χ2n) is 6.06. The molecule has 0 saturated carbocycles. The van der Waals surface area contributed by atoms with E-state index in [2.05, 4.69) is 5.32 Å². The topological polar surface area (TPSA) is 69.6 Å². The van der Waals surface area contributed by atoms with E-state index >= 15 is 0 Å². The fourth-order valence-electron chi connectivity index (χ4n) is 2.58. The van der Waals surface area contributed by atoms with Crippen LogP contribution in [0.5, 0.6) is 0 Å². The summed E-state index contributed by atoms with van der Waals surface area (Å²) in [6.07, 6.45) is 0. The number of carbonyl (C=O) groups excluding carboxylic acids is 1. The van der Waals surface area contributed by atoms with Gasteiger partial charge in [0.1, 0.15) is 5.56 Å². The number of hydrogen-bond donors (Lipinski definition) is 2. The minimum absolute atomic E-state index is 0.0700. The van der Waals surface area contributed by atoms with Gasteiger partial charge < -0.3 is 15.3 Å². The first-order valence-corrected chi connectivity index (χ1v) is 9.32. The maximum atomic E-state index is 12.5. The van der Waals surface area contributed by atoms with E-state index < -0.39 is 5.97 Å². The molecule has 3 aromatic rings. The fourth-order valence-corrected chi connectivity index (χ4v) is 3.71. The molecule has 2 aromatic carbocycles. The van der Waals surface area contributed by atoms with Gasteiger partial charge in [0.05, 0.1) is 10.6 Å². The van der Waals surface area contributed by atoms with Crippen LogP contribution in [0.1, 0.15) is 20.7 Å². The van der Waals surface area contributed by atoms with Gasteiger partial charge in [0.15, 0.2) is 0 Å². The molecule has 0 spiro atoms. The second kappa shape index (κ2) is 7.82. The molecule has 1 heterocycles. The van der Waals surface area contributed by atoms with Crippen molar-refractivity contribution in [2.45, 2.75) is 0 Å². The van der Waals surface area contributed by atoms with Crippen LogP contribution in [0, 0.1) is 0 Å².